The van der Waals surface area contributed by atoms with Crippen molar-refractivity contribution in [1.82, 2.24) is 4.90 Å². The van der Waals surface area contributed by atoms with E-state index in [-0.39, 0.29) is 11.6 Å². The van der Waals surface area contributed by atoms with E-state index in [0.717, 1.165) is 18.7 Å². The van der Waals surface area contributed by atoms with E-state index in [4.69, 9.17) is 0 Å². The van der Waals surface area contributed by atoms with Crippen molar-refractivity contribution in [3.8, 4) is 0 Å². The first-order chi connectivity index (χ1) is 15.9. The topological polar surface area (TPSA) is 66.7 Å². The van der Waals surface area contributed by atoms with Gasteiger partial charge in [0.2, 0.25) is 0 Å². The molecule has 0 atom stereocenters. The summed E-state index contributed by atoms with van der Waals surface area (Å²) in [5.74, 6) is -0.0617. The summed E-state index contributed by atoms with van der Waals surface area (Å²) < 4.78 is 0. The lowest BCUT2D eigenvalue weighted by Gasteiger charge is -2.37. The van der Waals surface area contributed by atoms with Gasteiger partial charge in [0.25, 0.3) is 11.6 Å². The quantitative estimate of drug-likeness (QED) is 0.239. The van der Waals surface area contributed by atoms with E-state index in [1.807, 2.05) is 35.2 Å². The second kappa shape index (κ2) is 9.69. The van der Waals surface area contributed by atoms with Gasteiger partial charge < -0.3 is 9.80 Å². The van der Waals surface area contributed by atoms with Gasteiger partial charge in [0.15, 0.2) is 0 Å². The van der Waals surface area contributed by atoms with Crippen molar-refractivity contribution >= 4 is 28.9 Å². The van der Waals surface area contributed by atoms with Crippen molar-refractivity contribution < 1.29 is 9.72 Å². The number of aryl methyl sites for hydroxylation is 1. The van der Waals surface area contributed by atoms with Crippen LogP contribution in [-0.4, -0.2) is 41.9 Å². The van der Waals surface area contributed by atoms with Gasteiger partial charge in [0.1, 0.15) is 0 Å². The van der Waals surface area contributed by atoms with Gasteiger partial charge in [-0.25, -0.2) is 0 Å². The summed E-state index contributed by atoms with van der Waals surface area (Å²) in [5, 5.41) is 11.2. The third-order valence-corrected chi connectivity index (χ3v) is 6.19. The number of nitro groups is 1. The molecule has 3 aromatic carbocycles. The SMILES string of the molecule is Cc1cccc(N2CCN(C(=O)/C(=C/c3cccc([N+](=O)[O-])c3)c3ccccc3)CC2)c1C. The number of rotatable bonds is 5. The lowest BCUT2D eigenvalue weighted by atomic mass is 10.0. The molecule has 4 rings (SSSR count). The summed E-state index contributed by atoms with van der Waals surface area (Å²) in [7, 11) is 0. The van der Waals surface area contributed by atoms with Crippen molar-refractivity contribution in [2.24, 2.45) is 0 Å². The van der Waals surface area contributed by atoms with Crippen LogP contribution in [0.2, 0.25) is 0 Å². The molecule has 0 N–H and O–H groups in total. The summed E-state index contributed by atoms with van der Waals surface area (Å²) in [6.45, 7) is 7.00. The monoisotopic (exact) mass is 441 g/mol. The molecule has 3 aromatic rings. The highest BCUT2D eigenvalue weighted by Gasteiger charge is 2.25. The van der Waals surface area contributed by atoms with E-state index in [9.17, 15) is 14.9 Å². The Morgan fingerprint density at radius 3 is 2.30 bits per heavy atom. The molecule has 33 heavy (non-hydrogen) atoms. The fraction of sp³-hybridized carbons (Fsp3) is 0.222. The van der Waals surface area contributed by atoms with Crippen LogP contribution in [0, 0.1) is 24.0 Å². The van der Waals surface area contributed by atoms with Crippen LogP contribution in [0.3, 0.4) is 0 Å². The smallest absolute Gasteiger partial charge is 0.270 e. The fourth-order valence-electron chi connectivity index (χ4n) is 4.18. The van der Waals surface area contributed by atoms with Crippen molar-refractivity contribution in [2.45, 2.75) is 13.8 Å². The predicted molar refractivity (Wildman–Crippen MR) is 132 cm³/mol. The number of amides is 1. The number of hydrogen-bond acceptors (Lipinski definition) is 4. The van der Waals surface area contributed by atoms with Gasteiger partial charge >= 0.3 is 0 Å². The number of non-ortho nitro benzene ring substituents is 1. The predicted octanol–water partition coefficient (Wildman–Crippen LogP) is 5.10. The minimum Gasteiger partial charge on any atom is -0.368 e. The van der Waals surface area contributed by atoms with Crippen molar-refractivity contribution in [3.63, 3.8) is 0 Å². The first-order valence-corrected chi connectivity index (χ1v) is 11.1. The number of anilines is 1. The molecular weight excluding hydrogens is 414 g/mol. The molecule has 1 amide bonds. The van der Waals surface area contributed by atoms with Crippen LogP contribution in [0.25, 0.3) is 11.6 Å². The highest BCUT2D eigenvalue weighted by molar-refractivity contribution is 6.24. The molecule has 0 unspecified atom stereocenters. The van der Waals surface area contributed by atoms with E-state index in [1.165, 1.54) is 28.9 Å². The van der Waals surface area contributed by atoms with Crippen LogP contribution in [-0.2, 0) is 4.79 Å². The van der Waals surface area contributed by atoms with E-state index in [1.54, 1.807) is 18.2 Å². The number of carbonyl (C=O) groups is 1. The Hall–Kier alpha value is -3.93. The van der Waals surface area contributed by atoms with E-state index in [0.29, 0.717) is 24.2 Å². The van der Waals surface area contributed by atoms with Crippen molar-refractivity contribution in [1.29, 1.82) is 0 Å². The molecule has 6 heteroatoms. The number of hydrogen-bond donors (Lipinski definition) is 0. The second-order valence-corrected chi connectivity index (χ2v) is 8.27. The van der Waals surface area contributed by atoms with Crippen LogP contribution in [0.15, 0.2) is 72.8 Å². The zero-order chi connectivity index (χ0) is 23.4. The van der Waals surface area contributed by atoms with E-state index in [2.05, 4.69) is 36.9 Å². The number of nitro benzene ring substituents is 1. The fourth-order valence-corrected chi connectivity index (χ4v) is 4.18. The van der Waals surface area contributed by atoms with Gasteiger partial charge in [-0.1, -0.05) is 54.6 Å². The van der Waals surface area contributed by atoms with Crippen LogP contribution < -0.4 is 4.90 Å². The number of benzene rings is 3. The first-order valence-electron chi connectivity index (χ1n) is 11.1. The second-order valence-electron chi connectivity index (χ2n) is 8.27. The Bertz CT molecular complexity index is 1200. The maximum Gasteiger partial charge on any atom is 0.270 e. The van der Waals surface area contributed by atoms with Crippen LogP contribution >= 0.6 is 0 Å². The van der Waals surface area contributed by atoms with Crippen LogP contribution in [0.5, 0.6) is 0 Å². The lowest BCUT2D eigenvalue weighted by molar-refractivity contribution is -0.384. The third-order valence-electron chi connectivity index (χ3n) is 6.19. The average molecular weight is 442 g/mol. The van der Waals surface area contributed by atoms with E-state index >= 15 is 0 Å². The summed E-state index contributed by atoms with van der Waals surface area (Å²) in [5.41, 5.74) is 5.72. The molecule has 168 valence electrons. The molecular formula is C27H27N3O3. The van der Waals surface area contributed by atoms with Gasteiger partial charge in [-0.05, 0) is 48.2 Å². The number of carbonyl (C=O) groups excluding carboxylic acids is 1. The maximum atomic E-state index is 13.6. The summed E-state index contributed by atoms with van der Waals surface area (Å²) >= 11 is 0. The van der Waals surface area contributed by atoms with Gasteiger partial charge in [-0.2, -0.15) is 0 Å². The zero-order valence-corrected chi connectivity index (χ0v) is 18.9. The van der Waals surface area contributed by atoms with Crippen molar-refractivity contribution in [3.05, 3.63) is 105 Å². The van der Waals surface area contributed by atoms with Crippen molar-refractivity contribution in [2.75, 3.05) is 31.1 Å². The molecule has 1 fully saturated rings. The molecule has 0 bridgehead atoms. The molecule has 1 heterocycles. The Morgan fingerprint density at radius 1 is 0.909 bits per heavy atom. The first kappa shape index (κ1) is 22.3. The highest BCUT2D eigenvalue weighted by atomic mass is 16.6. The van der Waals surface area contributed by atoms with Gasteiger partial charge in [-0.3, -0.25) is 14.9 Å². The molecule has 0 spiro atoms. The number of nitrogens with zero attached hydrogens (tertiary/aromatic N) is 3. The summed E-state index contributed by atoms with van der Waals surface area (Å²) in [6.07, 6.45) is 1.75. The Balaban J connectivity index is 1.59. The molecule has 0 aliphatic carbocycles. The molecule has 6 nitrogen and oxygen atoms in total. The average Bonchev–Trinajstić information content (AvgIpc) is 2.85. The normalized spacial score (nSPS) is 14.3. The Morgan fingerprint density at radius 2 is 1.61 bits per heavy atom. The summed E-state index contributed by atoms with van der Waals surface area (Å²) in [6, 6.07) is 22.2. The minimum atomic E-state index is -0.423. The van der Waals surface area contributed by atoms with Crippen LogP contribution in [0.4, 0.5) is 11.4 Å². The largest absolute Gasteiger partial charge is 0.368 e. The molecule has 1 aliphatic heterocycles. The maximum absolute atomic E-state index is 13.6. The van der Waals surface area contributed by atoms with E-state index < -0.39 is 4.92 Å². The Labute approximate surface area is 193 Å². The van der Waals surface area contributed by atoms with Gasteiger partial charge in [-0.15, -0.1) is 0 Å². The summed E-state index contributed by atoms with van der Waals surface area (Å²) in [4.78, 5) is 28.6. The zero-order valence-electron chi connectivity index (χ0n) is 18.9. The van der Waals surface area contributed by atoms with Gasteiger partial charge in [0.05, 0.1) is 4.92 Å². The highest BCUT2D eigenvalue weighted by Crippen LogP contribution is 2.26. The van der Waals surface area contributed by atoms with Crippen LogP contribution in [0.1, 0.15) is 22.3 Å². The molecule has 0 saturated carbocycles. The molecule has 0 aromatic heterocycles. The minimum absolute atomic E-state index is 0.00532. The standard InChI is InChI=1S/C27H27N3O3/c1-20-8-6-13-26(21(20)2)28-14-16-29(17-15-28)27(31)25(23-10-4-3-5-11-23)19-22-9-7-12-24(18-22)30(32)33/h3-13,18-19H,14-17H2,1-2H3/b25-19+. The molecule has 1 saturated heterocycles. The number of piperazine rings is 1. The Kier molecular flexibility index (Phi) is 6.54. The molecule has 0 radical (unpaired) electrons. The van der Waals surface area contributed by atoms with Gasteiger partial charge in [0, 0.05) is 49.6 Å². The lowest BCUT2D eigenvalue weighted by Crippen LogP contribution is -2.49. The third kappa shape index (κ3) is 4.95. The molecule has 1 aliphatic rings.